The third-order valence-electron chi connectivity index (χ3n) is 1.95. The first-order valence-electron chi connectivity index (χ1n) is 4.29. The predicted octanol–water partition coefficient (Wildman–Crippen LogP) is 2.09. The van der Waals surface area contributed by atoms with Crippen molar-refractivity contribution in [1.29, 1.82) is 0 Å². The quantitative estimate of drug-likeness (QED) is 0.732. The van der Waals surface area contributed by atoms with Crippen molar-refractivity contribution in [1.82, 2.24) is 20.2 Å². The fourth-order valence-corrected chi connectivity index (χ4v) is 1.52. The zero-order chi connectivity index (χ0) is 8.97. The first kappa shape index (κ1) is 9.38. The lowest BCUT2D eigenvalue weighted by Crippen LogP contribution is -2.09. The molecule has 0 aliphatic heterocycles. The van der Waals surface area contributed by atoms with Gasteiger partial charge in [0.1, 0.15) is 0 Å². The smallest absolute Gasteiger partial charge is 0.238 e. The van der Waals surface area contributed by atoms with Crippen molar-refractivity contribution in [3.63, 3.8) is 0 Å². The van der Waals surface area contributed by atoms with Crippen LogP contribution in [0.25, 0.3) is 0 Å². The first-order valence-corrected chi connectivity index (χ1v) is 4.70. The molecule has 0 radical (unpaired) electrons. The van der Waals surface area contributed by atoms with Gasteiger partial charge in [0.25, 0.3) is 0 Å². The number of rotatable bonds is 4. The van der Waals surface area contributed by atoms with E-state index < -0.39 is 0 Å². The van der Waals surface area contributed by atoms with Gasteiger partial charge in [0.2, 0.25) is 4.77 Å². The fourth-order valence-electron chi connectivity index (χ4n) is 1.29. The van der Waals surface area contributed by atoms with E-state index in [0.29, 0.717) is 10.8 Å². The highest BCUT2D eigenvalue weighted by molar-refractivity contribution is 7.71. The Bertz CT molecular complexity index is 277. The summed E-state index contributed by atoms with van der Waals surface area (Å²) >= 11 is 5.00. The number of nitrogens with one attached hydrogen (secondary N) is 1. The molecule has 1 unspecified atom stereocenters. The van der Waals surface area contributed by atoms with Gasteiger partial charge >= 0.3 is 0 Å². The number of hydrogen-bond acceptors (Lipinski definition) is 3. The van der Waals surface area contributed by atoms with Crippen LogP contribution in [0.3, 0.4) is 0 Å². The van der Waals surface area contributed by atoms with E-state index >= 15 is 0 Å². The third-order valence-corrected chi connectivity index (χ3v) is 2.23. The topological polar surface area (TPSA) is 46.5 Å². The molecule has 0 fully saturated rings. The lowest BCUT2D eigenvalue weighted by Gasteiger charge is -2.12. The second-order valence-corrected chi connectivity index (χ2v) is 3.17. The zero-order valence-corrected chi connectivity index (χ0v) is 8.27. The van der Waals surface area contributed by atoms with Crippen molar-refractivity contribution < 1.29 is 0 Å². The number of nitrogens with zero attached hydrogens (tertiary/aromatic N) is 3. The summed E-state index contributed by atoms with van der Waals surface area (Å²) in [4.78, 5) is 0. The lowest BCUT2D eigenvalue weighted by atomic mass is 10.1. The third kappa shape index (κ3) is 1.91. The van der Waals surface area contributed by atoms with Crippen molar-refractivity contribution in [3.05, 3.63) is 4.77 Å². The summed E-state index contributed by atoms with van der Waals surface area (Å²) in [6, 6.07) is 0.428. The fraction of sp³-hybridized carbons (Fsp3) is 0.857. The Balaban J connectivity index is 2.79. The molecule has 5 heteroatoms. The molecule has 0 bridgehead atoms. The molecule has 4 nitrogen and oxygen atoms in total. The minimum Gasteiger partial charge on any atom is -0.239 e. The molecule has 1 rings (SSSR count). The predicted molar refractivity (Wildman–Crippen MR) is 49.4 cm³/mol. The van der Waals surface area contributed by atoms with Gasteiger partial charge in [-0.3, -0.25) is 0 Å². The summed E-state index contributed by atoms with van der Waals surface area (Å²) < 4.78 is 2.41. The first-order chi connectivity index (χ1) is 5.79. The molecule has 0 aromatic carbocycles. The molecule has 0 aliphatic carbocycles. The monoisotopic (exact) mass is 186 g/mol. The summed E-state index contributed by atoms with van der Waals surface area (Å²) in [5.74, 6) is 0. The summed E-state index contributed by atoms with van der Waals surface area (Å²) in [6.07, 6.45) is 3.33. The van der Waals surface area contributed by atoms with E-state index in [1.165, 1.54) is 0 Å². The SMILES string of the molecule is CCCC(CC)n1[nH]nnc1=S. The van der Waals surface area contributed by atoms with Crippen LogP contribution >= 0.6 is 12.2 Å². The lowest BCUT2D eigenvalue weighted by molar-refractivity contribution is 0.396. The maximum absolute atomic E-state index is 5.00. The molecular weight excluding hydrogens is 172 g/mol. The Morgan fingerprint density at radius 2 is 2.33 bits per heavy atom. The highest BCUT2D eigenvalue weighted by Crippen LogP contribution is 2.15. The Hall–Kier alpha value is -0.710. The number of hydrogen-bond donors (Lipinski definition) is 1. The minimum absolute atomic E-state index is 0.428. The maximum Gasteiger partial charge on any atom is 0.238 e. The van der Waals surface area contributed by atoms with Gasteiger partial charge in [-0.25, -0.2) is 4.68 Å². The van der Waals surface area contributed by atoms with Crippen LogP contribution in [0.5, 0.6) is 0 Å². The average molecular weight is 186 g/mol. The largest absolute Gasteiger partial charge is 0.239 e. The Morgan fingerprint density at radius 1 is 1.58 bits per heavy atom. The second kappa shape index (κ2) is 4.35. The van der Waals surface area contributed by atoms with Gasteiger partial charge in [0, 0.05) is 0 Å². The van der Waals surface area contributed by atoms with Crippen molar-refractivity contribution in [2.75, 3.05) is 0 Å². The Kier molecular flexibility index (Phi) is 3.40. The molecule has 1 heterocycles. The molecule has 12 heavy (non-hydrogen) atoms. The van der Waals surface area contributed by atoms with Gasteiger partial charge in [0.15, 0.2) is 0 Å². The summed E-state index contributed by atoms with van der Waals surface area (Å²) in [5.41, 5.74) is 0. The summed E-state index contributed by atoms with van der Waals surface area (Å²) in [5, 5.41) is 10.2. The number of tetrazole rings is 1. The van der Waals surface area contributed by atoms with Crippen molar-refractivity contribution in [2.45, 2.75) is 39.2 Å². The van der Waals surface area contributed by atoms with Gasteiger partial charge in [0.05, 0.1) is 6.04 Å². The van der Waals surface area contributed by atoms with Crippen molar-refractivity contribution in [2.24, 2.45) is 0 Å². The Labute approximate surface area is 77.0 Å². The van der Waals surface area contributed by atoms with Crippen LogP contribution in [-0.2, 0) is 0 Å². The van der Waals surface area contributed by atoms with Gasteiger partial charge in [-0.15, -0.1) is 0 Å². The standard InChI is InChI=1S/C7H14N4S/c1-3-5-6(4-2)11-7(12)8-9-10-11/h6H,3-5H2,1-2H3,(H,8,10,12). The van der Waals surface area contributed by atoms with Crippen LogP contribution in [0.2, 0.25) is 0 Å². The van der Waals surface area contributed by atoms with E-state index in [4.69, 9.17) is 12.2 Å². The summed E-state index contributed by atoms with van der Waals surface area (Å²) in [6.45, 7) is 4.30. The normalized spacial score (nSPS) is 13.2. The molecule has 1 atom stereocenters. The average Bonchev–Trinajstić information content (AvgIpc) is 2.47. The van der Waals surface area contributed by atoms with Crippen LogP contribution < -0.4 is 0 Å². The minimum atomic E-state index is 0.428. The highest BCUT2D eigenvalue weighted by atomic mass is 32.1. The number of aromatic nitrogens is 4. The van der Waals surface area contributed by atoms with Gasteiger partial charge in [-0.2, -0.15) is 5.21 Å². The van der Waals surface area contributed by atoms with Gasteiger partial charge in [-0.05, 0) is 25.1 Å². The second-order valence-electron chi connectivity index (χ2n) is 2.80. The van der Waals surface area contributed by atoms with Crippen molar-refractivity contribution >= 4 is 12.2 Å². The highest BCUT2D eigenvalue weighted by Gasteiger charge is 2.08. The van der Waals surface area contributed by atoms with E-state index in [9.17, 15) is 0 Å². The van der Waals surface area contributed by atoms with E-state index in [2.05, 4.69) is 29.4 Å². The molecule has 0 amide bonds. The van der Waals surface area contributed by atoms with Crippen LogP contribution in [0.1, 0.15) is 39.2 Å². The molecule has 0 aliphatic rings. The van der Waals surface area contributed by atoms with E-state index in [-0.39, 0.29) is 0 Å². The molecular formula is C7H14N4S. The molecule has 1 aromatic rings. The molecule has 1 aromatic heterocycles. The van der Waals surface area contributed by atoms with Crippen LogP contribution in [-0.4, -0.2) is 20.2 Å². The van der Waals surface area contributed by atoms with Gasteiger partial charge < -0.3 is 0 Å². The van der Waals surface area contributed by atoms with E-state index in [0.717, 1.165) is 19.3 Å². The number of H-pyrrole nitrogens is 1. The van der Waals surface area contributed by atoms with Crippen LogP contribution in [0.15, 0.2) is 0 Å². The zero-order valence-electron chi connectivity index (χ0n) is 7.45. The number of aromatic amines is 1. The molecule has 1 N–H and O–H groups in total. The maximum atomic E-state index is 5.00. The summed E-state index contributed by atoms with van der Waals surface area (Å²) in [7, 11) is 0. The van der Waals surface area contributed by atoms with Crippen LogP contribution in [0, 0.1) is 4.77 Å². The van der Waals surface area contributed by atoms with E-state index in [1.807, 2.05) is 4.68 Å². The molecule has 0 saturated heterocycles. The Morgan fingerprint density at radius 3 is 2.75 bits per heavy atom. The molecule has 0 spiro atoms. The molecule has 0 saturated carbocycles. The van der Waals surface area contributed by atoms with Gasteiger partial charge in [-0.1, -0.05) is 30.6 Å². The molecule has 68 valence electrons. The van der Waals surface area contributed by atoms with Crippen LogP contribution in [0.4, 0.5) is 0 Å². The van der Waals surface area contributed by atoms with Crippen molar-refractivity contribution in [3.8, 4) is 0 Å². The van der Waals surface area contributed by atoms with E-state index in [1.54, 1.807) is 0 Å².